The molecule has 1 N–H and O–H groups in total. The zero-order chi connectivity index (χ0) is 20.1. The maximum Gasteiger partial charge on any atom is 0.332 e. The second-order valence-corrected chi connectivity index (χ2v) is 9.09. The summed E-state index contributed by atoms with van der Waals surface area (Å²) in [5.41, 5.74) is 0.617. The molecule has 0 bridgehead atoms. The molecule has 1 aliphatic heterocycles. The molecule has 1 aliphatic rings. The van der Waals surface area contributed by atoms with Crippen LogP contribution in [0.25, 0.3) is 11.2 Å². The highest BCUT2D eigenvalue weighted by molar-refractivity contribution is 7.92. The van der Waals surface area contributed by atoms with Crippen LogP contribution in [0.1, 0.15) is 18.5 Å². The van der Waals surface area contributed by atoms with E-state index in [1.54, 1.807) is 18.5 Å². The number of hydrogen-bond acceptors (Lipinski definition) is 6. The number of sulfone groups is 1. The van der Waals surface area contributed by atoms with Crippen molar-refractivity contribution in [1.82, 2.24) is 18.7 Å². The minimum Gasteiger partial charge on any atom is -0.351 e. The van der Waals surface area contributed by atoms with Gasteiger partial charge in [-0.1, -0.05) is 30.3 Å². The highest BCUT2D eigenvalue weighted by Gasteiger charge is 2.38. The molecule has 3 heterocycles. The van der Waals surface area contributed by atoms with Crippen molar-refractivity contribution in [3.63, 3.8) is 0 Å². The molecule has 3 aromatic rings. The summed E-state index contributed by atoms with van der Waals surface area (Å²) in [6, 6.07) is 9.27. The van der Waals surface area contributed by atoms with Gasteiger partial charge in [0.25, 0.3) is 5.56 Å². The van der Waals surface area contributed by atoms with E-state index in [1.165, 1.54) is 4.57 Å². The van der Waals surface area contributed by atoms with Crippen LogP contribution in [0.4, 0.5) is 5.95 Å². The normalized spacial score (nSPS) is 16.2. The summed E-state index contributed by atoms with van der Waals surface area (Å²) in [4.78, 5) is 29.9. The summed E-state index contributed by atoms with van der Waals surface area (Å²) in [6.07, 6.45) is 0. The quantitative estimate of drug-likeness (QED) is 0.665. The fourth-order valence-electron chi connectivity index (χ4n) is 3.56. The molecule has 0 radical (unpaired) electrons. The Balaban J connectivity index is 1.88. The van der Waals surface area contributed by atoms with Gasteiger partial charge in [0.2, 0.25) is 5.95 Å². The molecule has 0 amide bonds. The number of hydrogen-bond donors (Lipinski definition) is 1. The number of aromatic nitrogens is 4. The van der Waals surface area contributed by atoms with Crippen LogP contribution in [0, 0.1) is 0 Å². The van der Waals surface area contributed by atoms with Gasteiger partial charge in [-0.2, -0.15) is 4.98 Å². The summed E-state index contributed by atoms with van der Waals surface area (Å²) in [7, 11) is -1.55. The maximum absolute atomic E-state index is 13.0. The van der Waals surface area contributed by atoms with Gasteiger partial charge in [-0.25, -0.2) is 13.2 Å². The Labute approximate surface area is 161 Å². The van der Waals surface area contributed by atoms with Crippen molar-refractivity contribution in [2.45, 2.75) is 26.1 Å². The highest BCUT2D eigenvalue weighted by Crippen LogP contribution is 2.30. The second-order valence-electron chi connectivity index (χ2n) is 6.94. The van der Waals surface area contributed by atoms with Crippen LogP contribution in [0.15, 0.2) is 39.9 Å². The summed E-state index contributed by atoms with van der Waals surface area (Å²) in [5, 5.41) is 3.20. The third kappa shape index (κ3) is 2.93. The fraction of sp³-hybridized carbons (Fsp3) is 0.389. The van der Waals surface area contributed by atoms with Crippen molar-refractivity contribution in [2.75, 3.05) is 16.8 Å². The van der Waals surface area contributed by atoms with Crippen LogP contribution in [0.2, 0.25) is 0 Å². The lowest BCUT2D eigenvalue weighted by Crippen LogP contribution is -2.42. The molecule has 1 aromatic carbocycles. The predicted molar refractivity (Wildman–Crippen MR) is 106 cm³/mol. The summed E-state index contributed by atoms with van der Waals surface area (Å²) in [5.74, 6) is 0.291. The van der Waals surface area contributed by atoms with Gasteiger partial charge in [0.15, 0.2) is 21.0 Å². The zero-order valence-electron chi connectivity index (χ0n) is 15.6. The number of fused-ring (bicyclic) bond motifs is 1. The van der Waals surface area contributed by atoms with Crippen LogP contribution in [0.5, 0.6) is 0 Å². The molecule has 0 unspecified atom stereocenters. The van der Waals surface area contributed by atoms with Gasteiger partial charge in [0.05, 0.1) is 17.5 Å². The third-order valence-corrected chi connectivity index (χ3v) is 6.83. The van der Waals surface area contributed by atoms with E-state index in [9.17, 15) is 18.0 Å². The van der Waals surface area contributed by atoms with Crippen molar-refractivity contribution < 1.29 is 8.42 Å². The number of aryl methyl sites for hydroxylation is 1. The van der Waals surface area contributed by atoms with Gasteiger partial charge in [0.1, 0.15) is 0 Å². The molecule has 9 nitrogen and oxygen atoms in total. The Morgan fingerprint density at radius 2 is 1.86 bits per heavy atom. The summed E-state index contributed by atoms with van der Waals surface area (Å²) >= 11 is 0. The molecular weight excluding hydrogens is 382 g/mol. The molecule has 4 rings (SSSR count). The van der Waals surface area contributed by atoms with E-state index in [1.807, 2.05) is 30.3 Å². The average molecular weight is 403 g/mol. The number of nitrogens with zero attached hydrogens (tertiary/aromatic N) is 4. The number of benzene rings is 1. The first-order valence-corrected chi connectivity index (χ1v) is 10.8. The zero-order valence-corrected chi connectivity index (χ0v) is 16.4. The number of nitrogens with one attached hydrogen (secondary N) is 1. The summed E-state index contributed by atoms with van der Waals surface area (Å²) in [6.45, 7) is 2.40. The topological polar surface area (TPSA) is 108 Å². The van der Waals surface area contributed by atoms with Crippen molar-refractivity contribution >= 4 is 26.9 Å². The maximum atomic E-state index is 13.0. The Kier molecular flexibility index (Phi) is 4.37. The largest absolute Gasteiger partial charge is 0.351 e. The van der Waals surface area contributed by atoms with Gasteiger partial charge >= 0.3 is 5.69 Å². The molecule has 28 heavy (non-hydrogen) atoms. The van der Waals surface area contributed by atoms with Gasteiger partial charge < -0.3 is 5.32 Å². The van der Waals surface area contributed by atoms with Gasteiger partial charge in [-0.05, 0) is 12.5 Å². The molecule has 1 saturated heterocycles. The van der Waals surface area contributed by atoms with Crippen molar-refractivity contribution in [3.05, 3.63) is 56.7 Å². The van der Waals surface area contributed by atoms with Crippen molar-refractivity contribution in [1.29, 1.82) is 0 Å². The van der Waals surface area contributed by atoms with E-state index >= 15 is 0 Å². The van der Waals surface area contributed by atoms with Crippen LogP contribution >= 0.6 is 0 Å². The van der Waals surface area contributed by atoms with E-state index in [2.05, 4.69) is 10.3 Å². The lowest BCUT2D eigenvalue weighted by atomic mass is 10.2. The van der Waals surface area contributed by atoms with E-state index in [0.717, 1.165) is 10.1 Å². The van der Waals surface area contributed by atoms with Crippen LogP contribution in [-0.2, 0) is 30.0 Å². The minimum absolute atomic E-state index is 0.0487. The Morgan fingerprint density at radius 3 is 2.46 bits per heavy atom. The molecule has 1 fully saturated rings. The minimum atomic E-state index is -3.11. The fourth-order valence-corrected chi connectivity index (χ4v) is 4.94. The Bertz CT molecular complexity index is 1260. The van der Waals surface area contributed by atoms with Crippen molar-refractivity contribution in [3.8, 4) is 0 Å². The predicted octanol–water partition coefficient (Wildman–Crippen LogP) is 0.498. The smallest absolute Gasteiger partial charge is 0.332 e. The van der Waals surface area contributed by atoms with Crippen LogP contribution in [-0.4, -0.2) is 38.6 Å². The van der Waals surface area contributed by atoms with E-state index < -0.39 is 21.1 Å². The van der Waals surface area contributed by atoms with Gasteiger partial charge in [-0.15, -0.1) is 0 Å². The third-order valence-electron chi connectivity index (χ3n) is 5.04. The lowest BCUT2D eigenvalue weighted by Gasteiger charge is -2.28. The van der Waals surface area contributed by atoms with E-state index in [0.29, 0.717) is 12.5 Å². The van der Waals surface area contributed by atoms with Crippen LogP contribution < -0.4 is 16.6 Å². The number of imidazole rings is 1. The highest BCUT2D eigenvalue weighted by atomic mass is 32.2. The average Bonchev–Trinajstić information content (AvgIpc) is 3.03. The Morgan fingerprint density at radius 1 is 1.18 bits per heavy atom. The molecule has 10 heteroatoms. The molecule has 0 atom stereocenters. The Hall–Kier alpha value is -2.88. The first kappa shape index (κ1) is 18.5. The standard InChI is InChI=1S/C18H21N5O4S/c1-3-22-16(24)14-15(21(2)18(22)25)20-17(19-9-12-7-5-4-6-8-12)23(14)13-10-28(26,27)11-13/h4-8,13H,3,9-11H2,1-2H3,(H,19,20). The van der Waals surface area contributed by atoms with E-state index in [4.69, 9.17) is 0 Å². The first-order chi connectivity index (χ1) is 13.3. The molecule has 2 aromatic heterocycles. The van der Waals surface area contributed by atoms with Gasteiger partial charge in [0, 0.05) is 20.1 Å². The summed E-state index contributed by atoms with van der Waals surface area (Å²) < 4.78 is 27.6. The van der Waals surface area contributed by atoms with Crippen molar-refractivity contribution in [2.24, 2.45) is 7.05 Å². The molecule has 0 aliphatic carbocycles. The molecule has 148 valence electrons. The first-order valence-electron chi connectivity index (χ1n) is 9.02. The SMILES string of the molecule is CCn1c(=O)c2c(nc(NCc3ccccc3)n2C2CS(=O)(=O)C2)n(C)c1=O. The van der Waals surface area contributed by atoms with Gasteiger partial charge in [-0.3, -0.25) is 18.5 Å². The van der Waals surface area contributed by atoms with E-state index in [-0.39, 0.29) is 35.3 Å². The monoisotopic (exact) mass is 403 g/mol. The number of rotatable bonds is 5. The van der Waals surface area contributed by atoms with Crippen LogP contribution in [0.3, 0.4) is 0 Å². The molecule has 0 saturated carbocycles. The second kappa shape index (κ2) is 6.62. The molecule has 0 spiro atoms. The lowest BCUT2D eigenvalue weighted by molar-refractivity contribution is 0.514. The number of anilines is 1. The molecular formula is C18H21N5O4S.